The predicted octanol–water partition coefficient (Wildman–Crippen LogP) is 4.15. The molecule has 0 aliphatic rings. The second-order valence-corrected chi connectivity index (χ2v) is 4.38. The van der Waals surface area contributed by atoms with Crippen LogP contribution in [0.3, 0.4) is 0 Å². The normalized spacial score (nSPS) is 11.3. The van der Waals surface area contributed by atoms with E-state index >= 15 is 0 Å². The molecule has 21 heavy (non-hydrogen) atoms. The Morgan fingerprint density at radius 1 is 1.19 bits per heavy atom. The lowest BCUT2D eigenvalue weighted by atomic mass is 10.2. The minimum atomic E-state index is -4.46. The lowest BCUT2D eigenvalue weighted by Crippen LogP contribution is -2.13. The first kappa shape index (κ1) is 15.2. The van der Waals surface area contributed by atoms with E-state index in [1.165, 1.54) is 0 Å². The highest BCUT2D eigenvalue weighted by atomic mass is 35.5. The predicted molar refractivity (Wildman–Crippen MR) is 68.6 cm³/mol. The molecule has 1 amide bonds. The summed E-state index contributed by atoms with van der Waals surface area (Å²) in [5.41, 5.74) is -0.934. The second-order valence-electron chi connectivity index (χ2n) is 4.02. The van der Waals surface area contributed by atoms with Gasteiger partial charge in [0.2, 0.25) is 0 Å². The van der Waals surface area contributed by atoms with Crippen molar-refractivity contribution < 1.29 is 22.4 Å². The Balaban J connectivity index is 2.18. The van der Waals surface area contributed by atoms with E-state index in [0.717, 1.165) is 36.5 Å². The summed E-state index contributed by atoms with van der Waals surface area (Å²) in [6, 6.07) is 4.69. The first-order chi connectivity index (χ1) is 9.77. The third-order valence-electron chi connectivity index (χ3n) is 2.52. The molecule has 1 aromatic carbocycles. The van der Waals surface area contributed by atoms with Gasteiger partial charge in [-0.25, -0.2) is 9.37 Å². The standard InChI is InChI=1S/C13H7ClF4N2O/c14-11-10(5-8(15)6-19-11)12(21)20-9-3-1-7(2-4-9)13(16,17)18/h1-6H,(H,20,21). The number of anilines is 1. The highest BCUT2D eigenvalue weighted by Crippen LogP contribution is 2.30. The van der Waals surface area contributed by atoms with Crippen molar-refractivity contribution in [1.82, 2.24) is 4.98 Å². The van der Waals surface area contributed by atoms with Gasteiger partial charge in [-0.1, -0.05) is 11.6 Å². The molecule has 0 radical (unpaired) electrons. The molecule has 1 heterocycles. The Kier molecular flexibility index (Phi) is 4.13. The fraction of sp³-hybridized carbons (Fsp3) is 0.0769. The van der Waals surface area contributed by atoms with Crippen LogP contribution in [0.2, 0.25) is 5.15 Å². The first-order valence-corrected chi connectivity index (χ1v) is 5.95. The molecule has 0 spiro atoms. The highest BCUT2D eigenvalue weighted by Gasteiger charge is 2.30. The summed E-state index contributed by atoms with van der Waals surface area (Å²) >= 11 is 5.66. The third kappa shape index (κ3) is 3.69. The topological polar surface area (TPSA) is 42.0 Å². The molecule has 2 rings (SSSR count). The van der Waals surface area contributed by atoms with Gasteiger partial charge in [0.25, 0.3) is 5.91 Å². The van der Waals surface area contributed by atoms with Crippen LogP contribution < -0.4 is 5.32 Å². The summed E-state index contributed by atoms with van der Waals surface area (Å²) < 4.78 is 50.2. The van der Waals surface area contributed by atoms with Gasteiger partial charge >= 0.3 is 6.18 Å². The van der Waals surface area contributed by atoms with E-state index < -0.39 is 23.5 Å². The molecule has 1 N–H and O–H groups in total. The average molecular weight is 319 g/mol. The van der Waals surface area contributed by atoms with E-state index in [1.54, 1.807) is 0 Å². The summed E-state index contributed by atoms with van der Waals surface area (Å²) in [7, 11) is 0. The second kappa shape index (κ2) is 5.69. The van der Waals surface area contributed by atoms with Crippen molar-refractivity contribution >= 4 is 23.2 Å². The zero-order valence-corrected chi connectivity index (χ0v) is 11.0. The van der Waals surface area contributed by atoms with Crippen LogP contribution in [0.5, 0.6) is 0 Å². The van der Waals surface area contributed by atoms with Crippen LogP contribution in [-0.4, -0.2) is 10.9 Å². The zero-order valence-electron chi connectivity index (χ0n) is 10.2. The smallest absolute Gasteiger partial charge is 0.322 e. The molecule has 0 atom stereocenters. The SMILES string of the molecule is O=C(Nc1ccc(C(F)(F)F)cc1)c1cc(F)cnc1Cl. The number of rotatable bonds is 2. The van der Waals surface area contributed by atoms with Crippen LogP contribution in [0.25, 0.3) is 0 Å². The van der Waals surface area contributed by atoms with Gasteiger partial charge in [0.05, 0.1) is 17.3 Å². The van der Waals surface area contributed by atoms with Gasteiger partial charge < -0.3 is 5.32 Å². The van der Waals surface area contributed by atoms with Crippen molar-refractivity contribution in [3.8, 4) is 0 Å². The van der Waals surface area contributed by atoms with E-state index in [-0.39, 0.29) is 16.4 Å². The summed E-state index contributed by atoms with van der Waals surface area (Å²) in [4.78, 5) is 15.3. The molecule has 0 fully saturated rings. The number of benzene rings is 1. The molecule has 0 unspecified atom stereocenters. The summed E-state index contributed by atoms with van der Waals surface area (Å²) in [6.07, 6.45) is -3.62. The maximum absolute atomic E-state index is 13.0. The fourth-order valence-electron chi connectivity index (χ4n) is 1.52. The molecule has 0 bridgehead atoms. The molecule has 0 aliphatic heterocycles. The average Bonchev–Trinajstić information content (AvgIpc) is 2.41. The van der Waals surface area contributed by atoms with Crippen LogP contribution in [0.15, 0.2) is 36.5 Å². The number of halogens is 5. The number of alkyl halides is 3. The van der Waals surface area contributed by atoms with Gasteiger partial charge in [0, 0.05) is 5.69 Å². The van der Waals surface area contributed by atoms with Crippen molar-refractivity contribution in [2.45, 2.75) is 6.18 Å². The Labute approximate surface area is 121 Å². The zero-order chi connectivity index (χ0) is 15.6. The van der Waals surface area contributed by atoms with Crippen LogP contribution in [0.4, 0.5) is 23.2 Å². The van der Waals surface area contributed by atoms with Crippen molar-refractivity contribution in [1.29, 1.82) is 0 Å². The lowest BCUT2D eigenvalue weighted by Gasteiger charge is -2.09. The quantitative estimate of drug-likeness (QED) is 0.668. The number of carbonyl (C=O) groups is 1. The maximum Gasteiger partial charge on any atom is 0.416 e. The minimum absolute atomic E-state index is 0.119. The van der Waals surface area contributed by atoms with Crippen LogP contribution >= 0.6 is 11.6 Å². The van der Waals surface area contributed by atoms with Crippen LogP contribution in [-0.2, 0) is 6.18 Å². The summed E-state index contributed by atoms with van der Waals surface area (Å²) in [6.45, 7) is 0. The maximum atomic E-state index is 13.0. The van der Waals surface area contributed by atoms with Crippen molar-refractivity contribution in [2.24, 2.45) is 0 Å². The van der Waals surface area contributed by atoms with Crippen molar-refractivity contribution in [3.63, 3.8) is 0 Å². The minimum Gasteiger partial charge on any atom is -0.322 e. The van der Waals surface area contributed by atoms with Crippen LogP contribution in [0.1, 0.15) is 15.9 Å². The Hall–Kier alpha value is -2.15. The fourth-order valence-corrected chi connectivity index (χ4v) is 1.71. The molecule has 2 aromatic rings. The molecular formula is C13H7ClF4N2O. The van der Waals surface area contributed by atoms with Gasteiger partial charge in [-0.2, -0.15) is 13.2 Å². The van der Waals surface area contributed by atoms with Gasteiger partial charge in [0.1, 0.15) is 11.0 Å². The lowest BCUT2D eigenvalue weighted by molar-refractivity contribution is -0.137. The number of nitrogens with zero attached hydrogens (tertiary/aromatic N) is 1. The van der Waals surface area contributed by atoms with E-state index in [4.69, 9.17) is 11.6 Å². The van der Waals surface area contributed by atoms with E-state index in [1.807, 2.05) is 0 Å². The highest BCUT2D eigenvalue weighted by molar-refractivity contribution is 6.33. The first-order valence-electron chi connectivity index (χ1n) is 5.57. The molecular weight excluding hydrogens is 312 g/mol. The molecule has 0 saturated carbocycles. The van der Waals surface area contributed by atoms with Crippen molar-refractivity contribution in [2.75, 3.05) is 5.32 Å². The number of hydrogen-bond donors (Lipinski definition) is 1. The molecule has 0 aliphatic carbocycles. The molecule has 8 heteroatoms. The monoisotopic (exact) mass is 318 g/mol. The molecule has 110 valence electrons. The number of pyridine rings is 1. The van der Waals surface area contributed by atoms with E-state index in [9.17, 15) is 22.4 Å². The van der Waals surface area contributed by atoms with Crippen molar-refractivity contribution in [3.05, 3.63) is 58.6 Å². The number of carbonyl (C=O) groups excluding carboxylic acids is 1. The molecule has 0 saturated heterocycles. The van der Waals surface area contributed by atoms with Crippen LogP contribution in [0, 0.1) is 5.82 Å². The Bertz CT molecular complexity index is 671. The van der Waals surface area contributed by atoms with Gasteiger partial charge in [-0.05, 0) is 30.3 Å². The third-order valence-corrected chi connectivity index (χ3v) is 2.82. The van der Waals surface area contributed by atoms with Gasteiger partial charge in [-0.3, -0.25) is 4.79 Å². The largest absolute Gasteiger partial charge is 0.416 e. The van der Waals surface area contributed by atoms with Gasteiger partial charge in [0.15, 0.2) is 0 Å². The van der Waals surface area contributed by atoms with E-state index in [2.05, 4.69) is 10.3 Å². The number of hydrogen-bond acceptors (Lipinski definition) is 2. The Morgan fingerprint density at radius 2 is 1.81 bits per heavy atom. The summed E-state index contributed by atoms with van der Waals surface area (Å²) in [5.74, 6) is -1.52. The van der Waals surface area contributed by atoms with Gasteiger partial charge in [-0.15, -0.1) is 0 Å². The number of amides is 1. The molecule has 3 nitrogen and oxygen atoms in total. The molecule has 1 aromatic heterocycles. The van der Waals surface area contributed by atoms with E-state index in [0.29, 0.717) is 0 Å². The Morgan fingerprint density at radius 3 is 2.38 bits per heavy atom. The number of aromatic nitrogens is 1. The summed E-state index contributed by atoms with van der Waals surface area (Å²) in [5, 5.41) is 2.10. The number of nitrogens with one attached hydrogen (secondary N) is 1.